The van der Waals surface area contributed by atoms with Gasteiger partial charge >= 0.3 is 0 Å². The standard InChI is InChI=1S/C23H28ClN5O2S.CH4O/c1-14-8-10-29(13-14)23(30)18-12-26-22(15(18)2)21(7-9-25)31-17-5-6-20(19(24)11-17)28-32-27-16-3-4-16;1-2/h5-7,9,11-12,14,16,25-28H,3-4,8,10,13H2,1-2H3;2H,1H3/b21-7+,25-9?;. The summed E-state index contributed by atoms with van der Waals surface area (Å²) in [6.07, 6.45) is 7.89. The molecule has 1 saturated heterocycles. The number of H-pyrrole nitrogens is 1. The summed E-state index contributed by atoms with van der Waals surface area (Å²) in [5, 5.41) is 15.1. The van der Waals surface area contributed by atoms with E-state index in [1.165, 1.54) is 25.0 Å². The first-order chi connectivity index (χ1) is 16.5. The number of allylic oxidation sites excluding steroid dienone is 1. The number of halogens is 1. The van der Waals surface area contributed by atoms with Crippen LogP contribution in [0.4, 0.5) is 5.69 Å². The van der Waals surface area contributed by atoms with Gasteiger partial charge in [0.15, 0.2) is 5.76 Å². The van der Waals surface area contributed by atoms with Crippen LogP contribution in [0.15, 0.2) is 30.5 Å². The van der Waals surface area contributed by atoms with Crippen molar-refractivity contribution < 1.29 is 14.6 Å². The van der Waals surface area contributed by atoms with Crippen molar-refractivity contribution in [1.82, 2.24) is 14.6 Å². The van der Waals surface area contributed by atoms with E-state index in [2.05, 4.69) is 21.4 Å². The molecule has 1 amide bonds. The van der Waals surface area contributed by atoms with Crippen LogP contribution >= 0.6 is 23.7 Å². The molecule has 8 nitrogen and oxygen atoms in total. The molecule has 0 radical (unpaired) electrons. The Morgan fingerprint density at radius 2 is 2.12 bits per heavy atom. The zero-order chi connectivity index (χ0) is 24.7. The van der Waals surface area contributed by atoms with Crippen LogP contribution in [0.1, 0.15) is 47.8 Å². The van der Waals surface area contributed by atoms with Gasteiger partial charge < -0.3 is 29.9 Å². The zero-order valence-corrected chi connectivity index (χ0v) is 21.2. The maximum atomic E-state index is 12.9. The van der Waals surface area contributed by atoms with Crippen LogP contribution in [0.25, 0.3) is 5.76 Å². The van der Waals surface area contributed by atoms with Crippen LogP contribution < -0.4 is 14.2 Å². The van der Waals surface area contributed by atoms with Gasteiger partial charge in [0.1, 0.15) is 5.75 Å². The summed E-state index contributed by atoms with van der Waals surface area (Å²) < 4.78 is 12.6. The first-order valence-electron chi connectivity index (χ1n) is 11.2. The van der Waals surface area contributed by atoms with Crippen molar-refractivity contribution in [2.45, 2.75) is 39.2 Å². The maximum absolute atomic E-state index is 12.9. The van der Waals surface area contributed by atoms with Gasteiger partial charge in [0.05, 0.1) is 22.0 Å². The minimum Gasteiger partial charge on any atom is -0.455 e. The molecule has 2 fully saturated rings. The van der Waals surface area contributed by atoms with Crippen molar-refractivity contribution >= 4 is 47.3 Å². The SMILES string of the molecule is CO.Cc1c(C(=O)N2CCC(C)C2)c[nH]c1/C(=C\C=N)Oc1ccc(NSNC2CC2)c(Cl)c1. The Morgan fingerprint density at radius 1 is 1.35 bits per heavy atom. The highest BCUT2D eigenvalue weighted by Crippen LogP contribution is 2.32. The third-order valence-corrected chi connectivity index (χ3v) is 6.78. The molecule has 0 spiro atoms. The monoisotopic (exact) mass is 505 g/mol. The number of aromatic amines is 1. The lowest BCUT2D eigenvalue weighted by Gasteiger charge is -2.16. The molecule has 1 atom stereocenters. The van der Waals surface area contributed by atoms with Gasteiger partial charge in [-0.1, -0.05) is 18.5 Å². The van der Waals surface area contributed by atoms with Gasteiger partial charge in [-0.15, -0.1) is 0 Å². The highest BCUT2D eigenvalue weighted by atomic mass is 35.5. The first-order valence-corrected chi connectivity index (χ1v) is 12.4. The number of aliphatic hydroxyl groups excluding tert-OH is 1. The van der Waals surface area contributed by atoms with Crippen LogP contribution in [-0.4, -0.2) is 53.4 Å². The molecule has 4 rings (SSSR count). The Kier molecular flexibility index (Phi) is 9.46. The van der Waals surface area contributed by atoms with Crippen molar-refractivity contribution in [2.75, 3.05) is 24.9 Å². The minimum absolute atomic E-state index is 0.0272. The first kappa shape index (κ1) is 26.2. The van der Waals surface area contributed by atoms with Crippen LogP contribution in [0.2, 0.25) is 5.02 Å². The number of likely N-dealkylation sites (tertiary alicyclic amines) is 1. The van der Waals surface area contributed by atoms with E-state index in [4.69, 9.17) is 26.9 Å². The number of anilines is 1. The van der Waals surface area contributed by atoms with E-state index in [1.54, 1.807) is 18.3 Å². The third-order valence-electron chi connectivity index (χ3n) is 5.69. The number of aliphatic hydroxyl groups is 1. The van der Waals surface area contributed by atoms with Crippen LogP contribution in [0.5, 0.6) is 5.75 Å². The number of amides is 1. The number of nitrogens with one attached hydrogen (secondary N) is 4. The van der Waals surface area contributed by atoms with Crippen molar-refractivity contribution in [3.8, 4) is 5.75 Å². The van der Waals surface area contributed by atoms with Gasteiger partial charge in [0, 0.05) is 62.9 Å². The molecular formula is C24H32ClN5O3S. The molecule has 2 heterocycles. The quantitative estimate of drug-likeness (QED) is 0.189. The largest absolute Gasteiger partial charge is 0.455 e. The van der Waals surface area contributed by atoms with Crippen molar-refractivity contribution in [3.63, 3.8) is 0 Å². The summed E-state index contributed by atoms with van der Waals surface area (Å²) in [6, 6.07) is 5.98. The number of aromatic nitrogens is 1. The summed E-state index contributed by atoms with van der Waals surface area (Å²) in [4.78, 5) is 18.0. The predicted molar refractivity (Wildman–Crippen MR) is 140 cm³/mol. The molecule has 1 saturated carbocycles. The fraction of sp³-hybridized carbons (Fsp3) is 0.417. The molecule has 1 aliphatic carbocycles. The Hall–Kier alpha value is -2.46. The molecule has 34 heavy (non-hydrogen) atoms. The number of carbonyl (C=O) groups excluding carboxylic acids is 1. The molecule has 1 aromatic heterocycles. The second-order valence-corrected chi connectivity index (χ2v) is 9.44. The van der Waals surface area contributed by atoms with Gasteiger partial charge in [-0.3, -0.25) is 4.79 Å². The molecule has 1 aliphatic heterocycles. The molecule has 0 bridgehead atoms. The van der Waals surface area contributed by atoms with Crippen LogP contribution in [0.3, 0.4) is 0 Å². The molecule has 184 valence electrons. The van der Waals surface area contributed by atoms with Crippen molar-refractivity contribution in [1.29, 1.82) is 5.41 Å². The van der Waals surface area contributed by atoms with E-state index in [1.807, 2.05) is 24.0 Å². The summed E-state index contributed by atoms with van der Waals surface area (Å²) in [7, 11) is 1.00. The molecule has 10 heteroatoms. The highest BCUT2D eigenvalue weighted by molar-refractivity contribution is 7.98. The lowest BCUT2D eigenvalue weighted by atomic mass is 10.1. The molecular weight excluding hydrogens is 474 g/mol. The summed E-state index contributed by atoms with van der Waals surface area (Å²) in [5.74, 6) is 1.55. The van der Waals surface area contributed by atoms with Crippen molar-refractivity contribution in [2.24, 2.45) is 5.92 Å². The molecule has 1 aromatic carbocycles. The van der Waals surface area contributed by atoms with Gasteiger partial charge in [-0.25, -0.2) is 4.72 Å². The van der Waals surface area contributed by atoms with E-state index in [0.29, 0.717) is 39.7 Å². The molecule has 5 N–H and O–H groups in total. The highest BCUT2D eigenvalue weighted by Gasteiger charge is 2.27. The maximum Gasteiger partial charge on any atom is 0.255 e. The fourth-order valence-corrected chi connectivity index (χ4v) is 4.67. The second-order valence-electron chi connectivity index (χ2n) is 8.38. The average molecular weight is 506 g/mol. The van der Waals surface area contributed by atoms with E-state index in [9.17, 15) is 4.79 Å². The van der Waals surface area contributed by atoms with E-state index < -0.39 is 0 Å². The normalized spacial score (nSPS) is 17.7. The van der Waals surface area contributed by atoms with Gasteiger partial charge in [-0.05, 0) is 49.8 Å². The van der Waals surface area contributed by atoms with Crippen molar-refractivity contribution in [3.05, 3.63) is 52.3 Å². The number of hydrogen-bond acceptors (Lipinski definition) is 7. The number of benzene rings is 1. The number of carbonyl (C=O) groups is 1. The van der Waals surface area contributed by atoms with E-state index in [-0.39, 0.29) is 5.91 Å². The number of nitrogens with zero attached hydrogens (tertiary/aromatic N) is 1. The summed E-state index contributed by atoms with van der Waals surface area (Å²) in [5.41, 5.74) is 2.89. The van der Waals surface area contributed by atoms with Gasteiger partial charge in [-0.2, -0.15) is 0 Å². The average Bonchev–Trinajstić information content (AvgIpc) is 3.43. The fourth-order valence-electron chi connectivity index (χ4n) is 3.65. The molecule has 1 unspecified atom stereocenters. The number of hydrogen-bond donors (Lipinski definition) is 5. The second kappa shape index (κ2) is 12.3. The summed E-state index contributed by atoms with van der Waals surface area (Å²) in [6.45, 7) is 5.62. The van der Waals surface area contributed by atoms with Gasteiger partial charge in [0.2, 0.25) is 0 Å². The lowest BCUT2D eigenvalue weighted by molar-refractivity contribution is 0.0787. The van der Waals surface area contributed by atoms with E-state index in [0.717, 1.165) is 44.1 Å². The molecule has 2 aromatic rings. The number of ether oxygens (including phenoxy) is 1. The molecule has 2 aliphatic rings. The smallest absolute Gasteiger partial charge is 0.255 e. The lowest BCUT2D eigenvalue weighted by Crippen LogP contribution is -2.28. The summed E-state index contributed by atoms with van der Waals surface area (Å²) >= 11 is 7.85. The van der Waals surface area contributed by atoms with E-state index >= 15 is 0 Å². The van der Waals surface area contributed by atoms with Crippen LogP contribution in [0, 0.1) is 18.3 Å². The predicted octanol–water partition coefficient (Wildman–Crippen LogP) is 4.86. The number of rotatable bonds is 9. The zero-order valence-electron chi connectivity index (χ0n) is 19.7. The third kappa shape index (κ3) is 6.56. The Bertz CT molecular complexity index is 1040. The topological polar surface area (TPSA) is 113 Å². The minimum atomic E-state index is 0.0272. The Morgan fingerprint density at radius 3 is 2.74 bits per heavy atom. The Balaban J connectivity index is 0.00000158. The van der Waals surface area contributed by atoms with Gasteiger partial charge in [0.25, 0.3) is 5.91 Å². The Labute approximate surface area is 209 Å². The van der Waals surface area contributed by atoms with Crippen LogP contribution in [-0.2, 0) is 0 Å².